The van der Waals surface area contributed by atoms with Gasteiger partial charge in [0.05, 0.1) is 11.4 Å². The lowest BCUT2D eigenvalue weighted by Crippen LogP contribution is -2.24. The van der Waals surface area contributed by atoms with Crippen molar-refractivity contribution in [1.29, 1.82) is 0 Å². The van der Waals surface area contributed by atoms with Gasteiger partial charge in [0, 0.05) is 49.6 Å². The molecule has 0 aliphatic carbocycles. The lowest BCUT2D eigenvalue weighted by Gasteiger charge is -2.30. The maximum absolute atomic E-state index is 4.91. The number of fused-ring (bicyclic) bond motifs is 6. The topological polar surface area (TPSA) is 51.6 Å². The second kappa shape index (κ2) is 12.3. The van der Waals surface area contributed by atoms with Crippen molar-refractivity contribution in [3.63, 3.8) is 0 Å². The fraction of sp³-hybridized carbons (Fsp3) is 0.147. The molecule has 206 valence electrons. The number of benzene rings is 3. The van der Waals surface area contributed by atoms with Gasteiger partial charge >= 0.3 is 0 Å². The fourth-order valence-electron chi connectivity index (χ4n) is 4.71. The number of aromatic nitrogens is 3. The first-order valence-electron chi connectivity index (χ1n) is 13.6. The molecule has 0 amide bonds. The summed E-state index contributed by atoms with van der Waals surface area (Å²) < 4.78 is 0. The molecule has 7 nitrogen and oxygen atoms in total. The average Bonchev–Trinajstić information content (AvgIpc) is 2.99. The summed E-state index contributed by atoms with van der Waals surface area (Å²) in [6.07, 6.45) is 11.8. The van der Waals surface area contributed by atoms with E-state index in [-0.39, 0.29) is 0 Å². The number of anilines is 7. The molecule has 0 atom stereocenters. The summed E-state index contributed by atoms with van der Waals surface area (Å²) in [5.41, 5.74) is 6.86. The Labute approximate surface area is 242 Å². The summed E-state index contributed by atoms with van der Waals surface area (Å²) in [7, 11) is 4.03. The van der Waals surface area contributed by atoms with Crippen molar-refractivity contribution in [3.8, 4) is 0 Å². The van der Waals surface area contributed by atoms with Crippen LogP contribution in [-0.4, -0.2) is 35.6 Å². The molecule has 0 spiro atoms. The first kappa shape index (κ1) is 27.4. The highest BCUT2D eigenvalue weighted by Gasteiger charge is 2.22. The van der Waals surface area contributed by atoms with Crippen molar-refractivity contribution in [3.05, 3.63) is 134 Å². The average molecular weight is 542 g/mol. The molecule has 2 heterocycles. The van der Waals surface area contributed by atoms with E-state index in [1.807, 2.05) is 55.0 Å². The summed E-state index contributed by atoms with van der Waals surface area (Å²) >= 11 is 0. The molecule has 6 bridgehead atoms. The van der Waals surface area contributed by atoms with E-state index in [9.17, 15) is 0 Å². The second-order valence-electron chi connectivity index (χ2n) is 9.87. The minimum absolute atomic E-state index is 0.513. The summed E-state index contributed by atoms with van der Waals surface area (Å²) in [6, 6.07) is 27.4. The van der Waals surface area contributed by atoms with Crippen LogP contribution in [0.4, 0.5) is 40.3 Å². The third-order valence-electron chi connectivity index (χ3n) is 6.78. The van der Waals surface area contributed by atoms with Crippen LogP contribution in [-0.2, 0) is 0 Å². The van der Waals surface area contributed by atoms with Crippen molar-refractivity contribution < 1.29 is 0 Å². The summed E-state index contributed by atoms with van der Waals surface area (Å²) in [6.45, 7) is 8.91. The largest absolute Gasteiger partial charge is 0.351 e. The Kier molecular flexibility index (Phi) is 8.25. The van der Waals surface area contributed by atoms with Crippen LogP contribution in [0.3, 0.4) is 0 Å². The van der Waals surface area contributed by atoms with Gasteiger partial charge in [0.25, 0.3) is 0 Å². The normalized spacial score (nSPS) is 14.1. The van der Waals surface area contributed by atoms with Crippen molar-refractivity contribution in [2.24, 2.45) is 0 Å². The first-order valence-corrected chi connectivity index (χ1v) is 13.6. The molecule has 1 aliphatic heterocycles. The van der Waals surface area contributed by atoms with Crippen LogP contribution >= 0.6 is 0 Å². The van der Waals surface area contributed by atoms with Crippen LogP contribution in [0.1, 0.15) is 13.8 Å². The van der Waals surface area contributed by atoms with Gasteiger partial charge in [-0.2, -0.15) is 4.98 Å². The van der Waals surface area contributed by atoms with E-state index in [1.165, 1.54) is 0 Å². The van der Waals surface area contributed by atoms with Crippen LogP contribution in [0.15, 0.2) is 134 Å². The molecule has 0 saturated heterocycles. The van der Waals surface area contributed by atoms with Crippen LogP contribution in [0, 0.1) is 0 Å². The highest BCUT2D eigenvalue weighted by atomic mass is 15.3. The maximum Gasteiger partial charge on any atom is 0.239 e. The molecule has 1 aliphatic rings. The van der Waals surface area contributed by atoms with E-state index < -0.39 is 0 Å². The van der Waals surface area contributed by atoms with Gasteiger partial charge in [0.1, 0.15) is 6.33 Å². The van der Waals surface area contributed by atoms with Gasteiger partial charge in [-0.25, -0.2) is 9.97 Å². The Balaban J connectivity index is 1.79. The minimum atomic E-state index is 0.513. The lowest BCUT2D eigenvalue weighted by molar-refractivity contribution is 0.897. The summed E-state index contributed by atoms with van der Waals surface area (Å²) in [5, 5.41) is 0. The van der Waals surface area contributed by atoms with Crippen molar-refractivity contribution in [1.82, 2.24) is 15.0 Å². The van der Waals surface area contributed by atoms with Gasteiger partial charge in [-0.15, -0.1) is 0 Å². The van der Waals surface area contributed by atoms with Gasteiger partial charge in [0.15, 0.2) is 0 Å². The van der Waals surface area contributed by atoms with E-state index in [1.54, 1.807) is 6.33 Å². The third-order valence-corrected chi connectivity index (χ3v) is 6.78. The zero-order chi connectivity index (χ0) is 28.8. The molecule has 4 aromatic rings. The smallest absolute Gasteiger partial charge is 0.239 e. The molecule has 3 aromatic carbocycles. The number of hydrogen-bond acceptors (Lipinski definition) is 7. The van der Waals surface area contributed by atoms with Crippen LogP contribution in [0.25, 0.3) is 0 Å². The van der Waals surface area contributed by atoms with Crippen molar-refractivity contribution in [2.75, 3.05) is 40.2 Å². The highest BCUT2D eigenvalue weighted by molar-refractivity contribution is 5.81. The van der Waals surface area contributed by atoms with E-state index >= 15 is 0 Å². The van der Waals surface area contributed by atoms with Gasteiger partial charge in [-0.3, -0.25) is 4.90 Å². The standard InChI is InChI=1S/C34H35N7/c1-6-7-20-32(26(2)3)41-31-19-12-18-30(24-31)40(27-14-9-8-10-15-27)29-17-11-16-28(23-29)38(4)21-13-22-39(5)33-35-25-36-34(41)37-33/h6-21,23-25H,2,22H2,1,3-5H3. The Morgan fingerprint density at radius 1 is 0.805 bits per heavy atom. The number of likely N-dealkylation sites (N-methyl/N-ethyl adjacent to an activating group) is 1. The lowest BCUT2D eigenvalue weighted by atomic mass is 10.1. The number of hydrogen-bond donors (Lipinski definition) is 0. The fourth-order valence-corrected chi connectivity index (χ4v) is 4.71. The van der Waals surface area contributed by atoms with Crippen molar-refractivity contribution >= 4 is 40.3 Å². The van der Waals surface area contributed by atoms with Gasteiger partial charge in [-0.05, 0) is 80.1 Å². The second-order valence-corrected chi connectivity index (χ2v) is 9.87. The maximum atomic E-state index is 4.91. The number of allylic oxidation sites excluding steroid dienone is 4. The zero-order valence-corrected chi connectivity index (χ0v) is 24.0. The first-order chi connectivity index (χ1) is 20.0. The third kappa shape index (κ3) is 6.04. The molecule has 1 aromatic heterocycles. The molecule has 0 unspecified atom stereocenters. The molecular weight excluding hydrogens is 506 g/mol. The molecule has 7 heteroatoms. The number of nitrogens with zero attached hydrogens (tertiary/aromatic N) is 7. The van der Waals surface area contributed by atoms with Gasteiger partial charge in [-0.1, -0.05) is 49.1 Å². The molecule has 0 fully saturated rings. The monoisotopic (exact) mass is 541 g/mol. The van der Waals surface area contributed by atoms with Crippen LogP contribution in [0.5, 0.6) is 0 Å². The predicted octanol–water partition coefficient (Wildman–Crippen LogP) is 7.92. The van der Waals surface area contributed by atoms with Gasteiger partial charge in [0.2, 0.25) is 11.9 Å². The Hall–Kier alpha value is -5.17. The molecular formula is C34H35N7. The molecule has 0 radical (unpaired) electrons. The molecule has 0 saturated carbocycles. The zero-order valence-electron chi connectivity index (χ0n) is 24.0. The van der Waals surface area contributed by atoms with Crippen molar-refractivity contribution in [2.45, 2.75) is 13.8 Å². The van der Waals surface area contributed by atoms with Gasteiger partial charge < -0.3 is 14.7 Å². The molecule has 41 heavy (non-hydrogen) atoms. The Morgan fingerprint density at radius 3 is 2.15 bits per heavy atom. The Bertz CT molecular complexity index is 1610. The molecule has 0 N–H and O–H groups in total. The number of rotatable bonds is 4. The van der Waals surface area contributed by atoms with E-state index in [2.05, 4.69) is 118 Å². The van der Waals surface area contributed by atoms with E-state index in [0.717, 1.165) is 39.7 Å². The van der Waals surface area contributed by atoms with E-state index in [0.29, 0.717) is 18.4 Å². The quantitative estimate of drug-likeness (QED) is 0.243. The molecule has 5 rings (SSSR count). The minimum Gasteiger partial charge on any atom is -0.351 e. The number of para-hydroxylation sites is 1. The summed E-state index contributed by atoms with van der Waals surface area (Å²) in [4.78, 5) is 22.4. The Morgan fingerprint density at radius 2 is 1.44 bits per heavy atom. The summed E-state index contributed by atoms with van der Waals surface area (Å²) in [5.74, 6) is 1.09. The van der Waals surface area contributed by atoms with Crippen LogP contribution in [0.2, 0.25) is 0 Å². The SMILES string of the molecule is C=C(C)C(=CC=CC)N1c2cccc(c2)N(c2ccccc2)c2cccc(c2)N(C)C=CCN(C)c2ncnc1n2. The van der Waals surface area contributed by atoms with Crippen LogP contribution < -0.4 is 19.6 Å². The predicted molar refractivity (Wildman–Crippen MR) is 172 cm³/mol. The highest BCUT2D eigenvalue weighted by Crippen LogP contribution is 2.39. The van der Waals surface area contributed by atoms with E-state index in [4.69, 9.17) is 4.98 Å².